The fourth-order valence-corrected chi connectivity index (χ4v) is 2.75. The number of halogens is 3. The number of carbonyl (C=O) groups excluding carboxylic acids is 1. The van der Waals surface area contributed by atoms with Crippen LogP contribution in [0, 0.1) is 5.41 Å². The highest BCUT2D eigenvalue weighted by atomic mass is 19.4. The Morgan fingerprint density at radius 1 is 1.41 bits per heavy atom. The van der Waals surface area contributed by atoms with Crippen molar-refractivity contribution in [3.05, 3.63) is 29.6 Å². The summed E-state index contributed by atoms with van der Waals surface area (Å²) in [7, 11) is 0. The topological polar surface area (TPSA) is 46.3 Å². The molecule has 0 aromatic carbocycles. The molecular weight excluding hydrogens is 297 g/mol. The molecule has 1 saturated carbocycles. The van der Waals surface area contributed by atoms with Crippen molar-refractivity contribution in [1.82, 2.24) is 9.88 Å². The van der Waals surface area contributed by atoms with Gasteiger partial charge in [0.2, 0.25) is 17.6 Å². The van der Waals surface area contributed by atoms with Gasteiger partial charge in [-0.05, 0) is 17.4 Å². The first-order valence-electron chi connectivity index (χ1n) is 7.05. The Morgan fingerprint density at radius 2 is 2.09 bits per heavy atom. The summed E-state index contributed by atoms with van der Waals surface area (Å²) in [4.78, 5) is 17.6. The number of carbonyl (C=O) groups is 1. The van der Waals surface area contributed by atoms with Gasteiger partial charge in [0, 0.05) is 19.2 Å². The van der Waals surface area contributed by atoms with Crippen molar-refractivity contribution in [1.29, 1.82) is 0 Å². The summed E-state index contributed by atoms with van der Waals surface area (Å²) >= 11 is 0. The highest BCUT2D eigenvalue weighted by Gasteiger charge is 2.60. The van der Waals surface area contributed by atoms with E-state index in [-0.39, 0.29) is 17.2 Å². The zero-order valence-electron chi connectivity index (χ0n) is 12.6. The molecule has 2 aliphatic rings. The van der Waals surface area contributed by atoms with Crippen LogP contribution in [0.5, 0.6) is 0 Å². The van der Waals surface area contributed by atoms with E-state index in [9.17, 15) is 18.0 Å². The zero-order chi connectivity index (χ0) is 16.3. The molecule has 0 saturated heterocycles. The van der Waals surface area contributed by atoms with Crippen LogP contribution in [0.1, 0.15) is 45.3 Å². The van der Waals surface area contributed by atoms with Crippen molar-refractivity contribution < 1.29 is 22.4 Å². The van der Waals surface area contributed by atoms with E-state index in [1.807, 2.05) is 20.8 Å². The Balaban J connectivity index is 1.75. The first kappa shape index (κ1) is 15.1. The highest BCUT2D eigenvalue weighted by Crippen LogP contribution is 2.58. The van der Waals surface area contributed by atoms with Crippen LogP contribution < -0.4 is 0 Å². The Kier molecular flexibility index (Phi) is 3.00. The predicted octanol–water partition coefficient (Wildman–Crippen LogP) is 3.50. The van der Waals surface area contributed by atoms with Gasteiger partial charge in [-0.25, -0.2) is 4.98 Å². The fraction of sp³-hybridized carbons (Fsp3) is 0.600. The van der Waals surface area contributed by atoms with Gasteiger partial charge in [-0.1, -0.05) is 20.8 Å². The number of alkyl halides is 3. The minimum Gasteiger partial charge on any atom is -0.435 e. The van der Waals surface area contributed by atoms with E-state index in [2.05, 4.69) is 4.98 Å². The van der Waals surface area contributed by atoms with Crippen LogP contribution >= 0.6 is 0 Å². The number of rotatable bonds is 2. The number of hydrogen-bond donors (Lipinski definition) is 0. The Hall–Kier alpha value is -1.79. The highest BCUT2D eigenvalue weighted by molar-refractivity contribution is 5.80. The van der Waals surface area contributed by atoms with Crippen LogP contribution in [0.15, 0.2) is 22.4 Å². The lowest BCUT2D eigenvalue weighted by Gasteiger charge is -2.23. The molecule has 22 heavy (non-hydrogen) atoms. The number of amides is 1. The molecule has 1 fully saturated rings. The molecule has 1 aromatic heterocycles. The zero-order valence-corrected chi connectivity index (χ0v) is 12.6. The lowest BCUT2D eigenvalue weighted by molar-refractivity contribution is -0.153. The number of hydrogen-bond acceptors (Lipinski definition) is 3. The van der Waals surface area contributed by atoms with E-state index in [1.165, 1.54) is 0 Å². The number of aromatic nitrogens is 1. The van der Waals surface area contributed by atoms with Crippen LogP contribution in [0.3, 0.4) is 0 Å². The summed E-state index contributed by atoms with van der Waals surface area (Å²) in [6.07, 6.45) is -1.12. The smallest absolute Gasteiger partial charge is 0.435 e. The van der Waals surface area contributed by atoms with Gasteiger partial charge in [-0.15, -0.1) is 0 Å². The molecule has 0 radical (unpaired) electrons. The minimum absolute atomic E-state index is 0.0332. The second-order valence-corrected chi connectivity index (χ2v) is 7.20. The summed E-state index contributed by atoms with van der Waals surface area (Å²) in [5.74, 6) is -1.08. The van der Waals surface area contributed by atoms with E-state index in [0.29, 0.717) is 25.6 Å². The molecule has 0 N–H and O–H groups in total. The molecule has 1 aliphatic carbocycles. The van der Waals surface area contributed by atoms with Crippen molar-refractivity contribution in [2.24, 2.45) is 5.41 Å². The fourth-order valence-electron chi connectivity index (χ4n) is 2.75. The van der Waals surface area contributed by atoms with Crippen LogP contribution in [0.2, 0.25) is 0 Å². The van der Waals surface area contributed by atoms with Gasteiger partial charge in [0.25, 0.3) is 0 Å². The largest absolute Gasteiger partial charge is 0.451 e. The maximum atomic E-state index is 12.6. The lowest BCUT2D eigenvalue weighted by Crippen LogP contribution is -2.32. The van der Waals surface area contributed by atoms with Crippen LogP contribution in [-0.2, 0) is 16.4 Å². The molecule has 3 rings (SSSR count). The average molecular weight is 314 g/mol. The second-order valence-electron chi connectivity index (χ2n) is 7.20. The second kappa shape index (κ2) is 4.36. The first-order chi connectivity index (χ1) is 10.0. The third-order valence-corrected chi connectivity index (χ3v) is 3.93. The first-order valence-corrected chi connectivity index (χ1v) is 7.05. The molecule has 120 valence electrons. The molecule has 1 aliphatic heterocycles. The van der Waals surface area contributed by atoms with Gasteiger partial charge in [-0.2, -0.15) is 13.2 Å². The van der Waals surface area contributed by atoms with E-state index in [1.54, 1.807) is 11.1 Å². The van der Waals surface area contributed by atoms with Gasteiger partial charge in [-0.3, -0.25) is 4.79 Å². The van der Waals surface area contributed by atoms with Gasteiger partial charge >= 0.3 is 6.18 Å². The molecule has 0 bridgehead atoms. The predicted molar refractivity (Wildman–Crippen MR) is 71.7 cm³/mol. The molecule has 4 nitrogen and oxygen atoms in total. The standard InChI is InChI=1S/C15H17F3N2O2/c1-13(2,3)5-11(21)20-7-9-4-14(9,8-20)12-19-6-10(22-12)15(16,17)18/h6-7H,4-5,8H2,1-3H3. The Morgan fingerprint density at radius 3 is 2.64 bits per heavy atom. The molecule has 1 unspecified atom stereocenters. The van der Waals surface area contributed by atoms with Crippen LogP contribution in [0.4, 0.5) is 13.2 Å². The number of fused-ring (bicyclic) bond motifs is 1. The van der Waals surface area contributed by atoms with E-state index >= 15 is 0 Å². The quantitative estimate of drug-likeness (QED) is 0.839. The molecule has 1 aromatic rings. The van der Waals surface area contributed by atoms with Crippen molar-refractivity contribution >= 4 is 5.91 Å². The molecule has 1 atom stereocenters. The number of oxazole rings is 1. The van der Waals surface area contributed by atoms with E-state index in [4.69, 9.17) is 4.42 Å². The molecule has 7 heteroatoms. The monoisotopic (exact) mass is 314 g/mol. The van der Waals surface area contributed by atoms with Crippen molar-refractivity contribution in [2.45, 2.75) is 45.2 Å². The Labute approximate surface area is 126 Å². The van der Waals surface area contributed by atoms with Crippen molar-refractivity contribution in [3.8, 4) is 0 Å². The van der Waals surface area contributed by atoms with E-state index < -0.39 is 17.4 Å². The maximum absolute atomic E-state index is 12.6. The summed E-state index contributed by atoms with van der Waals surface area (Å²) in [6.45, 7) is 6.21. The molecular formula is C15H17F3N2O2. The van der Waals surface area contributed by atoms with Crippen LogP contribution in [-0.4, -0.2) is 22.3 Å². The lowest BCUT2D eigenvalue weighted by atomic mass is 9.91. The Bertz CT molecular complexity index is 654. The van der Waals surface area contributed by atoms with Gasteiger partial charge in [0.05, 0.1) is 11.6 Å². The van der Waals surface area contributed by atoms with Crippen LogP contribution in [0.25, 0.3) is 0 Å². The summed E-state index contributed by atoms with van der Waals surface area (Å²) in [5.41, 5.74) is 0.129. The molecule has 0 spiro atoms. The normalized spacial score (nSPS) is 24.3. The number of nitrogens with zero attached hydrogens (tertiary/aromatic N) is 2. The van der Waals surface area contributed by atoms with Crippen molar-refractivity contribution in [3.63, 3.8) is 0 Å². The third-order valence-electron chi connectivity index (χ3n) is 3.93. The van der Waals surface area contributed by atoms with Gasteiger partial charge in [0.1, 0.15) is 0 Å². The SMILES string of the molecule is CC(C)(C)CC(=O)N1C=C2CC2(c2ncc(C(F)(F)F)o2)C1. The molecule has 1 amide bonds. The minimum atomic E-state index is -4.54. The van der Waals surface area contributed by atoms with Crippen molar-refractivity contribution in [2.75, 3.05) is 6.54 Å². The average Bonchev–Trinajstić information content (AvgIpc) is 2.79. The molecule has 2 heterocycles. The summed E-state index contributed by atoms with van der Waals surface area (Å²) in [6, 6.07) is 0. The third kappa shape index (κ3) is 2.53. The summed E-state index contributed by atoms with van der Waals surface area (Å²) < 4.78 is 42.7. The summed E-state index contributed by atoms with van der Waals surface area (Å²) in [5, 5.41) is 0. The maximum Gasteiger partial charge on any atom is 0.451 e. The van der Waals surface area contributed by atoms with E-state index in [0.717, 1.165) is 5.57 Å². The van der Waals surface area contributed by atoms with Gasteiger partial charge < -0.3 is 9.32 Å². The van der Waals surface area contributed by atoms with Gasteiger partial charge in [0.15, 0.2) is 0 Å².